The summed E-state index contributed by atoms with van der Waals surface area (Å²) >= 11 is 0. The number of hydrogen-bond donors (Lipinski definition) is 0. The highest BCUT2D eigenvalue weighted by molar-refractivity contribution is 5.96. The predicted molar refractivity (Wildman–Crippen MR) is 77.2 cm³/mol. The van der Waals surface area contributed by atoms with E-state index in [9.17, 15) is 4.79 Å². The number of carbonyl (C=O) groups excluding carboxylic acids is 1. The van der Waals surface area contributed by atoms with E-state index in [0.717, 1.165) is 0 Å². The number of hydrogen-bond acceptors (Lipinski definition) is 5. The Morgan fingerprint density at radius 1 is 1.14 bits per heavy atom. The van der Waals surface area contributed by atoms with Crippen molar-refractivity contribution in [1.82, 2.24) is 4.90 Å². The van der Waals surface area contributed by atoms with E-state index in [0.29, 0.717) is 29.4 Å². The molecule has 0 aliphatic carbocycles. The fraction of sp³-hybridized carbons (Fsp3) is 0.533. The number of ether oxygens (including phenoxy) is 4. The molecule has 0 saturated carbocycles. The zero-order chi connectivity index (χ0) is 15.6. The third-order valence-corrected chi connectivity index (χ3v) is 3.56. The van der Waals surface area contributed by atoms with Gasteiger partial charge in [0.2, 0.25) is 5.75 Å². The lowest BCUT2D eigenvalue weighted by atomic mass is 10.0. The van der Waals surface area contributed by atoms with Crippen LogP contribution in [0.1, 0.15) is 24.2 Å². The van der Waals surface area contributed by atoms with E-state index < -0.39 is 0 Å². The van der Waals surface area contributed by atoms with Gasteiger partial charge in [-0.2, -0.15) is 0 Å². The van der Waals surface area contributed by atoms with E-state index in [-0.39, 0.29) is 18.2 Å². The zero-order valence-electron chi connectivity index (χ0n) is 13.1. The molecule has 6 nitrogen and oxygen atoms in total. The van der Waals surface area contributed by atoms with Gasteiger partial charge >= 0.3 is 0 Å². The summed E-state index contributed by atoms with van der Waals surface area (Å²) in [4.78, 5) is 14.4. The molecule has 2 rings (SSSR count). The first kappa shape index (κ1) is 15.4. The molecule has 0 spiro atoms. The highest BCUT2D eigenvalue weighted by atomic mass is 16.5. The van der Waals surface area contributed by atoms with E-state index in [1.165, 1.54) is 21.3 Å². The summed E-state index contributed by atoms with van der Waals surface area (Å²) in [7, 11) is 4.57. The Labute approximate surface area is 124 Å². The largest absolute Gasteiger partial charge is 0.493 e. The third-order valence-electron chi connectivity index (χ3n) is 3.56. The van der Waals surface area contributed by atoms with E-state index in [4.69, 9.17) is 18.9 Å². The maximum absolute atomic E-state index is 12.7. The van der Waals surface area contributed by atoms with E-state index >= 15 is 0 Å². The van der Waals surface area contributed by atoms with Crippen molar-refractivity contribution >= 4 is 5.91 Å². The summed E-state index contributed by atoms with van der Waals surface area (Å²) in [5.74, 6) is 1.25. The third kappa shape index (κ3) is 2.76. The van der Waals surface area contributed by atoms with Crippen LogP contribution in [0.25, 0.3) is 0 Å². The maximum Gasteiger partial charge on any atom is 0.256 e. The molecule has 0 bridgehead atoms. The number of methoxy groups -OCH3 is 3. The average molecular weight is 295 g/mol. The zero-order valence-corrected chi connectivity index (χ0v) is 13.1. The van der Waals surface area contributed by atoms with Crippen molar-refractivity contribution in [3.05, 3.63) is 17.7 Å². The molecule has 1 saturated heterocycles. The van der Waals surface area contributed by atoms with E-state index in [1.54, 1.807) is 17.0 Å². The van der Waals surface area contributed by atoms with Crippen LogP contribution in [-0.2, 0) is 4.74 Å². The number of amides is 1. The van der Waals surface area contributed by atoms with Crippen LogP contribution in [0.5, 0.6) is 17.2 Å². The Bertz CT molecular complexity index is 516. The quantitative estimate of drug-likeness (QED) is 0.849. The van der Waals surface area contributed by atoms with Crippen LogP contribution in [0.2, 0.25) is 0 Å². The van der Waals surface area contributed by atoms with Crippen LogP contribution >= 0.6 is 0 Å². The standard InChI is InChI=1S/C15H21NO5/c1-15(2)8-21-9-16(15)14(17)10-6-11(18-3)13(20-5)12(7-10)19-4/h6-7H,8-9H2,1-5H3. The molecule has 6 heteroatoms. The highest BCUT2D eigenvalue weighted by Crippen LogP contribution is 2.39. The number of rotatable bonds is 4. The van der Waals surface area contributed by atoms with Gasteiger partial charge in [0, 0.05) is 5.56 Å². The van der Waals surface area contributed by atoms with Crippen molar-refractivity contribution in [2.45, 2.75) is 19.4 Å². The Hall–Kier alpha value is -1.95. The summed E-state index contributed by atoms with van der Waals surface area (Å²) in [6, 6.07) is 3.30. The van der Waals surface area contributed by atoms with E-state index in [1.807, 2.05) is 13.8 Å². The smallest absolute Gasteiger partial charge is 0.256 e. The molecule has 1 amide bonds. The minimum atomic E-state index is -0.336. The van der Waals surface area contributed by atoms with Gasteiger partial charge in [-0.15, -0.1) is 0 Å². The fourth-order valence-electron chi connectivity index (χ4n) is 2.33. The second-order valence-electron chi connectivity index (χ2n) is 5.44. The van der Waals surface area contributed by atoms with Crippen molar-refractivity contribution in [2.75, 3.05) is 34.7 Å². The molecule has 1 aliphatic heterocycles. The van der Waals surface area contributed by atoms with Gasteiger partial charge < -0.3 is 23.8 Å². The summed E-state index contributed by atoms with van der Waals surface area (Å²) in [5.41, 5.74) is 0.139. The van der Waals surface area contributed by atoms with Crippen LogP contribution < -0.4 is 14.2 Å². The van der Waals surface area contributed by atoms with Gasteiger partial charge in [0.1, 0.15) is 6.73 Å². The minimum Gasteiger partial charge on any atom is -0.493 e. The molecule has 21 heavy (non-hydrogen) atoms. The normalized spacial score (nSPS) is 16.7. The molecule has 1 aromatic carbocycles. The molecule has 1 heterocycles. The highest BCUT2D eigenvalue weighted by Gasteiger charge is 2.37. The molecule has 0 unspecified atom stereocenters. The van der Waals surface area contributed by atoms with Gasteiger partial charge in [0.15, 0.2) is 11.5 Å². The molecule has 1 aromatic rings. The Morgan fingerprint density at radius 2 is 1.71 bits per heavy atom. The maximum atomic E-state index is 12.7. The molecular weight excluding hydrogens is 274 g/mol. The van der Waals surface area contributed by atoms with Crippen LogP contribution in [0.15, 0.2) is 12.1 Å². The monoisotopic (exact) mass is 295 g/mol. The van der Waals surface area contributed by atoms with Crippen molar-refractivity contribution in [2.24, 2.45) is 0 Å². The first-order valence-corrected chi connectivity index (χ1v) is 6.64. The van der Waals surface area contributed by atoms with Crippen molar-refractivity contribution < 1.29 is 23.7 Å². The van der Waals surface area contributed by atoms with Gasteiger partial charge in [-0.3, -0.25) is 4.79 Å². The molecule has 0 atom stereocenters. The predicted octanol–water partition coefficient (Wildman–Crippen LogP) is 1.92. The van der Waals surface area contributed by atoms with Gasteiger partial charge in [0.25, 0.3) is 5.91 Å². The van der Waals surface area contributed by atoms with Crippen molar-refractivity contribution in [3.63, 3.8) is 0 Å². The molecular formula is C15H21NO5. The molecule has 116 valence electrons. The fourth-order valence-corrected chi connectivity index (χ4v) is 2.33. The second-order valence-corrected chi connectivity index (χ2v) is 5.44. The van der Waals surface area contributed by atoms with Gasteiger partial charge in [-0.05, 0) is 26.0 Å². The lowest BCUT2D eigenvalue weighted by Crippen LogP contribution is -2.44. The Balaban J connectivity index is 2.42. The molecule has 1 fully saturated rings. The van der Waals surface area contributed by atoms with Crippen LogP contribution in [0.4, 0.5) is 0 Å². The minimum absolute atomic E-state index is 0.128. The van der Waals surface area contributed by atoms with Gasteiger partial charge in [-0.25, -0.2) is 0 Å². The summed E-state index contributed by atoms with van der Waals surface area (Å²) < 4.78 is 21.2. The lowest BCUT2D eigenvalue weighted by molar-refractivity contribution is 0.0604. The Kier molecular flexibility index (Phi) is 4.27. The van der Waals surface area contributed by atoms with Crippen LogP contribution in [-0.4, -0.2) is 51.0 Å². The number of nitrogens with zero attached hydrogens (tertiary/aromatic N) is 1. The van der Waals surface area contributed by atoms with E-state index in [2.05, 4.69) is 0 Å². The van der Waals surface area contributed by atoms with Crippen molar-refractivity contribution in [3.8, 4) is 17.2 Å². The number of carbonyl (C=O) groups is 1. The SMILES string of the molecule is COc1cc(C(=O)N2COCC2(C)C)cc(OC)c1OC. The van der Waals surface area contributed by atoms with Crippen molar-refractivity contribution in [1.29, 1.82) is 0 Å². The first-order valence-electron chi connectivity index (χ1n) is 6.64. The lowest BCUT2D eigenvalue weighted by Gasteiger charge is -2.29. The second kappa shape index (κ2) is 5.81. The molecule has 1 aliphatic rings. The summed E-state index contributed by atoms with van der Waals surface area (Å²) in [6.07, 6.45) is 0. The summed E-state index contributed by atoms with van der Waals surface area (Å²) in [6.45, 7) is 4.73. The topological polar surface area (TPSA) is 57.2 Å². The molecule has 0 radical (unpaired) electrons. The van der Waals surface area contributed by atoms with Crippen LogP contribution in [0.3, 0.4) is 0 Å². The first-order chi connectivity index (χ1) is 9.94. The number of benzene rings is 1. The summed E-state index contributed by atoms with van der Waals surface area (Å²) in [5, 5.41) is 0. The van der Waals surface area contributed by atoms with Gasteiger partial charge in [0.05, 0.1) is 33.5 Å². The van der Waals surface area contributed by atoms with Crippen LogP contribution in [0, 0.1) is 0 Å². The Morgan fingerprint density at radius 3 is 2.10 bits per heavy atom. The molecule has 0 N–H and O–H groups in total. The van der Waals surface area contributed by atoms with Gasteiger partial charge in [-0.1, -0.05) is 0 Å². The average Bonchev–Trinajstić information content (AvgIpc) is 2.84. The molecule has 0 aromatic heterocycles.